The Balaban J connectivity index is 2.85. The first-order valence-corrected chi connectivity index (χ1v) is 4.94. The highest BCUT2D eigenvalue weighted by atomic mass is 19.4. The minimum atomic E-state index is -4.36. The van der Waals surface area contributed by atoms with E-state index in [4.69, 9.17) is 5.84 Å². The lowest BCUT2D eigenvalue weighted by atomic mass is 10.1. The number of rotatable bonds is 4. The first-order valence-electron chi connectivity index (χ1n) is 4.94. The molecule has 4 nitrogen and oxygen atoms in total. The molecular weight excluding hydrogens is 221 g/mol. The van der Waals surface area contributed by atoms with E-state index < -0.39 is 12.2 Å². The van der Waals surface area contributed by atoms with Crippen molar-refractivity contribution in [1.82, 2.24) is 15.2 Å². The zero-order valence-electron chi connectivity index (χ0n) is 9.17. The highest BCUT2D eigenvalue weighted by molar-refractivity contribution is 5.11. The summed E-state index contributed by atoms with van der Waals surface area (Å²) in [6.45, 7) is 4.11. The Kier molecular flexibility index (Phi) is 3.93. The van der Waals surface area contributed by atoms with E-state index in [1.54, 1.807) is 23.1 Å². The first-order chi connectivity index (χ1) is 7.38. The summed E-state index contributed by atoms with van der Waals surface area (Å²) in [4.78, 5) is 0. The number of nitrogens with zero attached hydrogens (tertiary/aromatic N) is 2. The number of nitrogens with one attached hydrogen (secondary N) is 1. The molecule has 0 aliphatic carbocycles. The quantitative estimate of drug-likeness (QED) is 0.609. The predicted molar refractivity (Wildman–Crippen MR) is 53.5 cm³/mol. The second-order valence-corrected chi connectivity index (χ2v) is 3.56. The minimum Gasteiger partial charge on any atom is -0.271 e. The predicted octanol–water partition coefficient (Wildman–Crippen LogP) is 1.15. The SMILES string of the molecule is CCn1nc(C)cc1CC(NN)C(F)(F)F. The Morgan fingerprint density at radius 2 is 2.19 bits per heavy atom. The molecule has 0 spiro atoms. The monoisotopic (exact) mass is 236 g/mol. The van der Waals surface area contributed by atoms with Crippen LogP contribution in [-0.4, -0.2) is 22.0 Å². The number of aromatic nitrogens is 2. The molecule has 0 saturated carbocycles. The van der Waals surface area contributed by atoms with Gasteiger partial charge in [0.1, 0.15) is 6.04 Å². The molecule has 0 saturated heterocycles. The number of aryl methyl sites for hydroxylation is 2. The first kappa shape index (κ1) is 13.0. The topological polar surface area (TPSA) is 55.9 Å². The largest absolute Gasteiger partial charge is 0.405 e. The second-order valence-electron chi connectivity index (χ2n) is 3.56. The molecule has 7 heteroatoms. The van der Waals surface area contributed by atoms with E-state index in [1.807, 2.05) is 6.92 Å². The molecule has 92 valence electrons. The van der Waals surface area contributed by atoms with E-state index in [0.717, 1.165) is 0 Å². The zero-order chi connectivity index (χ0) is 12.3. The number of hydrogen-bond donors (Lipinski definition) is 2. The van der Waals surface area contributed by atoms with Crippen LogP contribution in [0.4, 0.5) is 13.2 Å². The molecule has 1 rings (SSSR count). The van der Waals surface area contributed by atoms with Gasteiger partial charge in [0.25, 0.3) is 0 Å². The number of hydrazine groups is 1. The van der Waals surface area contributed by atoms with Crippen LogP contribution in [0.3, 0.4) is 0 Å². The van der Waals surface area contributed by atoms with E-state index in [-0.39, 0.29) is 6.42 Å². The molecule has 3 N–H and O–H groups in total. The van der Waals surface area contributed by atoms with Crippen LogP contribution in [0.1, 0.15) is 18.3 Å². The molecule has 0 fully saturated rings. The van der Waals surface area contributed by atoms with Crippen molar-refractivity contribution < 1.29 is 13.2 Å². The summed E-state index contributed by atoms with van der Waals surface area (Å²) in [6.07, 6.45) is -4.57. The molecule has 0 aliphatic rings. The third-order valence-corrected chi connectivity index (χ3v) is 2.29. The standard InChI is InChI=1S/C9H15F3N4/c1-3-16-7(4-6(2)15-16)5-8(14-13)9(10,11)12/h4,8,14H,3,5,13H2,1-2H3. The maximum atomic E-state index is 12.5. The van der Waals surface area contributed by atoms with Crippen LogP contribution in [0.2, 0.25) is 0 Å². The fourth-order valence-electron chi connectivity index (χ4n) is 1.52. The van der Waals surface area contributed by atoms with E-state index in [1.165, 1.54) is 0 Å². The van der Waals surface area contributed by atoms with Gasteiger partial charge in [-0.3, -0.25) is 10.5 Å². The average molecular weight is 236 g/mol. The summed E-state index contributed by atoms with van der Waals surface area (Å²) in [5, 5.41) is 4.08. The van der Waals surface area contributed by atoms with Crippen molar-refractivity contribution in [3.63, 3.8) is 0 Å². The van der Waals surface area contributed by atoms with Gasteiger partial charge in [0.15, 0.2) is 0 Å². The summed E-state index contributed by atoms with van der Waals surface area (Å²) in [5.74, 6) is 4.91. The molecule has 0 radical (unpaired) electrons. The van der Waals surface area contributed by atoms with Crippen LogP contribution < -0.4 is 11.3 Å². The number of nitrogens with two attached hydrogens (primary N) is 1. The highest BCUT2D eigenvalue weighted by Gasteiger charge is 2.39. The van der Waals surface area contributed by atoms with E-state index in [9.17, 15) is 13.2 Å². The third-order valence-electron chi connectivity index (χ3n) is 2.29. The maximum Gasteiger partial charge on any atom is 0.405 e. The van der Waals surface area contributed by atoms with Gasteiger partial charge in [-0.05, 0) is 19.9 Å². The second kappa shape index (κ2) is 4.84. The van der Waals surface area contributed by atoms with Crippen LogP contribution in [0.5, 0.6) is 0 Å². The van der Waals surface area contributed by atoms with E-state index >= 15 is 0 Å². The van der Waals surface area contributed by atoms with Crippen molar-refractivity contribution in [3.8, 4) is 0 Å². The lowest BCUT2D eigenvalue weighted by molar-refractivity contribution is -0.155. The van der Waals surface area contributed by atoms with Gasteiger partial charge in [0, 0.05) is 18.7 Å². The molecule has 1 unspecified atom stereocenters. The van der Waals surface area contributed by atoms with Crippen molar-refractivity contribution in [2.75, 3.05) is 0 Å². The molecule has 1 aromatic heterocycles. The third kappa shape index (κ3) is 2.96. The van der Waals surface area contributed by atoms with Gasteiger partial charge in [-0.25, -0.2) is 5.43 Å². The summed E-state index contributed by atoms with van der Waals surface area (Å²) in [5.41, 5.74) is 3.02. The van der Waals surface area contributed by atoms with Gasteiger partial charge in [-0.2, -0.15) is 18.3 Å². The normalized spacial score (nSPS) is 14.1. The smallest absolute Gasteiger partial charge is 0.271 e. The average Bonchev–Trinajstić information content (AvgIpc) is 2.53. The van der Waals surface area contributed by atoms with Crippen LogP contribution in [0, 0.1) is 6.92 Å². The van der Waals surface area contributed by atoms with Crippen molar-refractivity contribution in [2.45, 2.75) is 39.0 Å². The van der Waals surface area contributed by atoms with Crippen molar-refractivity contribution in [1.29, 1.82) is 0 Å². The molecule has 0 amide bonds. The van der Waals surface area contributed by atoms with Gasteiger partial charge in [0.2, 0.25) is 0 Å². The zero-order valence-corrected chi connectivity index (χ0v) is 9.17. The number of alkyl halides is 3. The van der Waals surface area contributed by atoms with E-state index in [2.05, 4.69) is 5.10 Å². The molecule has 1 heterocycles. The lowest BCUT2D eigenvalue weighted by Gasteiger charge is -2.19. The molecule has 1 aromatic rings. The van der Waals surface area contributed by atoms with Crippen molar-refractivity contribution in [3.05, 3.63) is 17.5 Å². The summed E-state index contributed by atoms with van der Waals surface area (Å²) < 4.78 is 39.0. The minimum absolute atomic E-state index is 0.214. The number of halogens is 3. The summed E-state index contributed by atoms with van der Waals surface area (Å²) in [6, 6.07) is -0.103. The molecule has 1 atom stereocenters. The van der Waals surface area contributed by atoms with Crippen LogP contribution >= 0.6 is 0 Å². The van der Waals surface area contributed by atoms with Gasteiger partial charge in [0.05, 0.1) is 5.69 Å². The molecule has 0 bridgehead atoms. The van der Waals surface area contributed by atoms with Gasteiger partial charge < -0.3 is 0 Å². The van der Waals surface area contributed by atoms with Gasteiger partial charge >= 0.3 is 6.18 Å². The van der Waals surface area contributed by atoms with E-state index in [0.29, 0.717) is 17.9 Å². The van der Waals surface area contributed by atoms with Gasteiger partial charge in [-0.1, -0.05) is 0 Å². The Morgan fingerprint density at radius 3 is 2.62 bits per heavy atom. The Morgan fingerprint density at radius 1 is 1.56 bits per heavy atom. The van der Waals surface area contributed by atoms with Crippen molar-refractivity contribution >= 4 is 0 Å². The summed E-state index contributed by atoms with van der Waals surface area (Å²) in [7, 11) is 0. The Hall–Kier alpha value is -1.08. The molecule has 0 aliphatic heterocycles. The number of hydrogen-bond acceptors (Lipinski definition) is 3. The molecule has 16 heavy (non-hydrogen) atoms. The molecule has 0 aromatic carbocycles. The lowest BCUT2D eigenvalue weighted by Crippen LogP contribution is -2.47. The Bertz CT molecular complexity index is 345. The van der Waals surface area contributed by atoms with Gasteiger partial charge in [-0.15, -0.1) is 0 Å². The van der Waals surface area contributed by atoms with Crippen LogP contribution in [0.25, 0.3) is 0 Å². The fraction of sp³-hybridized carbons (Fsp3) is 0.667. The maximum absolute atomic E-state index is 12.5. The molecular formula is C9H15F3N4. The summed E-state index contributed by atoms with van der Waals surface area (Å²) >= 11 is 0. The van der Waals surface area contributed by atoms with Crippen molar-refractivity contribution in [2.24, 2.45) is 5.84 Å². The Labute approximate surface area is 91.6 Å². The van der Waals surface area contributed by atoms with Crippen LogP contribution in [0.15, 0.2) is 6.07 Å². The highest BCUT2D eigenvalue weighted by Crippen LogP contribution is 2.22. The van der Waals surface area contributed by atoms with Crippen LogP contribution in [-0.2, 0) is 13.0 Å². The fourth-order valence-corrected chi connectivity index (χ4v) is 1.52.